The lowest BCUT2D eigenvalue weighted by atomic mass is 10.1. The lowest BCUT2D eigenvalue weighted by Crippen LogP contribution is -2.27. The summed E-state index contributed by atoms with van der Waals surface area (Å²) >= 11 is 1.93. The Morgan fingerprint density at radius 1 is 1.18 bits per heavy atom. The summed E-state index contributed by atoms with van der Waals surface area (Å²) < 4.78 is 28.5. The molecule has 3 N–H and O–H groups in total. The second-order valence-electron chi connectivity index (χ2n) is 8.34. The first kappa shape index (κ1) is 22.6. The van der Waals surface area contributed by atoms with Gasteiger partial charge in [-0.05, 0) is 47.2 Å². The van der Waals surface area contributed by atoms with Crippen molar-refractivity contribution in [2.24, 2.45) is 5.73 Å². The van der Waals surface area contributed by atoms with Gasteiger partial charge >= 0.3 is 0 Å². The fourth-order valence-corrected chi connectivity index (χ4v) is 5.08. The number of aromatic nitrogens is 3. The average Bonchev–Trinajstić information content (AvgIpc) is 3.00. The summed E-state index contributed by atoms with van der Waals surface area (Å²) in [6.07, 6.45) is 1.31. The number of nitrogens with one attached hydrogen (secondary N) is 1. The highest BCUT2D eigenvalue weighted by molar-refractivity contribution is 14.1. The molecule has 4 heterocycles. The Kier molecular flexibility index (Phi) is 5.70. The van der Waals surface area contributed by atoms with E-state index in [1.807, 2.05) is 57.8 Å². The molecule has 1 fully saturated rings. The molecule has 1 aromatic carbocycles. The molecule has 10 heteroatoms. The normalized spacial score (nSPS) is 16.0. The van der Waals surface area contributed by atoms with Gasteiger partial charge in [-0.25, -0.2) is 13.8 Å². The molecule has 0 saturated carbocycles. The van der Waals surface area contributed by atoms with E-state index in [2.05, 4.69) is 9.97 Å². The SMILES string of the molecule is NC(=O)c1nccc2[nH]c(-c3cc4ccccc4nc3N3CCCC(F)(F)CC3)c(I)c(=O)c12. The smallest absolute Gasteiger partial charge is 0.268 e. The number of hydrogen-bond donors (Lipinski definition) is 2. The number of fused-ring (bicyclic) bond motifs is 2. The minimum Gasteiger partial charge on any atom is -0.364 e. The van der Waals surface area contributed by atoms with Gasteiger partial charge in [0.2, 0.25) is 11.4 Å². The fraction of sp³-hybridized carbons (Fsp3) is 0.250. The number of primary amides is 1. The number of carbonyl (C=O) groups excluding carboxylic acids is 1. The molecule has 7 nitrogen and oxygen atoms in total. The van der Waals surface area contributed by atoms with Crippen molar-refractivity contribution in [1.29, 1.82) is 0 Å². The summed E-state index contributed by atoms with van der Waals surface area (Å²) in [5, 5.41) is 0.971. The predicted octanol–water partition coefficient (Wildman–Crippen LogP) is 4.47. The van der Waals surface area contributed by atoms with Crippen LogP contribution in [0.1, 0.15) is 29.8 Å². The van der Waals surface area contributed by atoms with Crippen LogP contribution in [0.2, 0.25) is 0 Å². The van der Waals surface area contributed by atoms with Gasteiger partial charge in [0.1, 0.15) is 11.5 Å². The Morgan fingerprint density at radius 3 is 2.76 bits per heavy atom. The fourth-order valence-electron chi connectivity index (χ4n) is 4.39. The molecule has 3 aromatic heterocycles. The minimum absolute atomic E-state index is 0.102. The van der Waals surface area contributed by atoms with Gasteiger partial charge in [0.15, 0.2) is 0 Å². The maximum Gasteiger partial charge on any atom is 0.268 e. The molecule has 0 radical (unpaired) electrons. The van der Waals surface area contributed by atoms with E-state index in [0.29, 0.717) is 39.1 Å². The number of aromatic amines is 1. The third-order valence-corrected chi connectivity index (χ3v) is 7.11. The van der Waals surface area contributed by atoms with Gasteiger partial charge in [0, 0.05) is 43.1 Å². The highest BCUT2D eigenvalue weighted by Crippen LogP contribution is 2.37. The van der Waals surface area contributed by atoms with E-state index in [9.17, 15) is 18.4 Å². The summed E-state index contributed by atoms with van der Waals surface area (Å²) in [5.41, 5.74) is 7.22. The van der Waals surface area contributed by atoms with Gasteiger partial charge in [-0.3, -0.25) is 14.6 Å². The zero-order valence-corrected chi connectivity index (χ0v) is 20.1. The third-order valence-electron chi connectivity index (χ3n) is 6.08. The number of halogens is 3. The van der Waals surface area contributed by atoms with Gasteiger partial charge < -0.3 is 15.6 Å². The number of rotatable bonds is 3. The Bertz CT molecular complexity index is 1500. The highest BCUT2D eigenvalue weighted by atomic mass is 127. The van der Waals surface area contributed by atoms with Gasteiger partial charge in [0.25, 0.3) is 5.91 Å². The van der Waals surface area contributed by atoms with Gasteiger partial charge in [-0.2, -0.15) is 0 Å². The lowest BCUT2D eigenvalue weighted by molar-refractivity contribution is -0.0102. The van der Waals surface area contributed by atoms with Crippen molar-refractivity contribution in [2.45, 2.75) is 25.2 Å². The van der Waals surface area contributed by atoms with Crippen LogP contribution in [0.4, 0.5) is 14.6 Å². The Balaban J connectivity index is 1.77. The van der Waals surface area contributed by atoms with E-state index in [-0.39, 0.29) is 35.9 Å². The van der Waals surface area contributed by atoms with Crippen LogP contribution >= 0.6 is 22.6 Å². The van der Waals surface area contributed by atoms with Crippen LogP contribution < -0.4 is 16.1 Å². The molecule has 1 aliphatic heterocycles. The second-order valence-corrected chi connectivity index (χ2v) is 9.42. The Morgan fingerprint density at radius 2 is 1.97 bits per heavy atom. The number of carbonyl (C=O) groups is 1. The van der Waals surface area contributed by atoms with Crippen LogP contribution in [0.25, 0.3) is 33.1 Å². The van der Waals surface area contributed by atoms with E-state index >= 15 is 0 Å². The minimum atomic E-state index is -2.71. The molecule has 5 rings (SSSR count). The van der Waals surface area contributed by atoms with Crippen LogP contribution in [0.5, 0.6) is 0 Å². The van der Waals surface area contributed by atoms with Crippen LogP contribution in [0, 0.1) is 3.57 Å². The molecule has 1 aliphatic rings. The van der Waals surface area contributed by atoms with Crippen LogP contribution in [-0.2, 0) is 0 Å². The number of benzene rings is 1. The largest absolute Gasteiger partial charge is 0.364 e. The molecule has 34 heavy (non-hydrogen) atoms. The summed E-state index contributed by atoms with van der Waals surface area (Å²) in [4.78, 5) is 39.1. The summed E-state index contributed by atoms with van der Waals surface area (Å²) in [7, 11) is 0. The summed E-state index contributed by atoms with van der Waals surface area (Å²) in [6.45, 7) is 0.577. The molecule has 0 unspecified atom stereocenters. The Hall–Kier alpha value is -3.15. The Labute approximate surface area is 206 Å². The number of alkyl halides is 2. The standard InChI is InChI=1S/C24H20F2IN5O2/c25-24(26)7-3-10-32(11-8-24)23-14(12-13-4-1-2-5-15(13)31-23)19-18(27)21(33)17-16(30-19)6-9-29-20(17)22(28)34/h1-2,4-6,9,12H,3,7-8,10-11H2,(H2,28,34)(H,30,33). The number of hydrogen-bond acceptors (Lipinski definition) is 5. The monoisotopic (exact) mass is 575 g/mol. The molecular weight excluding hydrogens is 555 g/mol. The highest BCUT2D eigenvalue weighted by Gasteiger charge is 2.33. The quantitative estimate of drug-likeness (QED) is 0.351. The topological polar surface area (TPSA) is 105 Å². The molecule has 174 valence electrons. The number of H-pyrrole nitrogens is 1. The van der Waals surface area contributed by atoms with Crippen molar-refractivity contribution in [3.63, 3.8) is 0 Å². The van der Waals surface area contributed by atoms with Crippen molar-refractivity contribution in [3.05, 3.63) is 62.1 Å². The van der Waals surface area contributed by atoms with E-state index in [4.69, 9.17) is 10.7 Å². The summed E-state index contributed by atoms with van der Waals surface area (Å²) in [5.74, 6) is -2.97. The van der Waals surface area contributed by atoms with Crippen LogP contribution in [0.3, 0.4) is 0 Å². The predicted molar refractivity (Wildman–Crippen MR) is 135 cm³/mol. The van der Waals surface area contributed by atoms with Gasteiger partial charge in [-0.1, -0.05) is 18.2 Å². The van der Waals surface area contributed by atoms with Crippen LogP contribution in [-0.4, -0.2) is 39.9 Å². The second kappa shape index (κ2) is 8.57. The van der Waals surface area contributed by atoms with Crippen molar-refractivity contribution in [3.8, 4) is 11.3 Å². The first-order valence-electron chi connectivity index (χ1n) is 10.8. The molecule has 0 spiro atoms. The molecule has 0 atom stereocenters. The molecule has 0 bridgehead atoms. The molecule has 1 saturated heterocycles. The van der Waals surface area contributed by atoms with Crippen LogP contribution in [0.15, 0.2) is 47.4 Å². The van der Waals surface area contributed by atoms with Crippen molar-refractivity contribution < 1.29 is 13.6 Å². The first-order chi connectivity index (χ1) is 16.2. The number of pyridine rings is 3. The molecule has 4 aromatic rings. The maximum absolute atomic E-state index is 14.1. The zero-order valence-electron chi connectivity index (χ0n) is 17.9. The van der Waals surface area contributed by atoms with Gasteiger partial charge in [0.05, 0.1) is 25.7 Å². The number of anilines is 1. The van der Waals surface area contributed by atoms with Crippen molar-refractivity contribution in [2.75, 3.05) is 18.0 Å². The van der Waals surface area contributed by atoms with Crippen molar-refractivity contribution in [1.82, 2.24) is 15.0 Å². The third kappa shape index (κ3) is 3.99. The molecule has 1 amide bonds. The molecular formula is C24H20F2IN5O2. The van der Waals surface area contributed by atoms with Crippen molar-refractivity contribution >= 4 is 56.1 Å². The molecule has 0 aliphatic carbocycles. The van der Waals surface area contributed by atoms with Gasteiger partial charge in [-0.15, -0.1) is 0 Å². The zero-order chi connectivity index (χ0) is 24.0. The lowest BCUT2D eigenvalue weighted by Gasteiger charge is -2.25. The number of nitrogens with two attached hydrogens (primary N) is 1. The average molecular weight is 575 g/mol. The maximum atomic E-state index is 14.1. The van der Waals surface area contributed by atoms with E-state index in [1.54, 1.807) is 6.07 Å². The number of nitrogens with zero attached hydrogens (tertiary/aromatic N) is 3. The van der Waals surface area contributed by atoms with E-state index < -0.39 is 11.8 Å². The number of para-hydroxylation sites is 1. The first-order valence-corrected chi connectivity index (χ1v) is 11.9. The van der Waals surface area contributed by atoms with E-state index in [0.717, 1.165) is 10.9 Å². The van der Waals surface area contributed by atoms with E-state index in [1.165, 1.54) is 6.20 Å². The number of amides is 1. The summed E-state index contributed by atoms with van der Waals surface area (Å²) in [6, 6.07) is 11.1.